The molecule has 0 aromatic carbocycles. The maximum atomic E-state index is 13.4. The number of carbonyl (C=O) groups excluding carboxylic acids is 2. The van der Waals surface area contributed by atoms with Crippen molar-refractivity contribution in [2.24, 2.45) is 17.8 Å². The Labute approximate surface area is 193 Å². The third-order valence-electron chi connectivity index (χ3n) is 8.00. The monoisotopic (exact) mass is 455 g/mol. The Kier molecular flexibility index (Phi) is 8.53. The van der Waals surface area contributed by atoms with Crippen LogP contribution in [0.5, 0.6) is 0 Å². The second kappa shape index (κ2) is 10.7. The normalized spacial score (nSPS) is 37.2. The highest BCUT2D eigenvalue weighted by atomic mass is 35.5. The van der Waals surface area contributed by atoms with Crippen molar-refractivity contribution in [2.75, 3.05) is 20.1 Å². The maximum absolute atomic E-state index is 13.4. The Hall–Kier alpha value is -1.01. The Morgan fingerprint density at radius 1 is 1.13 bits per heavy atom. The smallest absolute Gasteiger partial charge is 0.410 e. The molecule has 7 heteroatoms. The van der Waals surface area contributed by atoms with Crippen molar-refractivity contribution in [1.82, 2.24) is 15.1 Å². The Bertz CT molecular complexity index is 633. The van der Waals surface area contributed by atoms with E-state index in [1.807, 2.05) is 23.8 Å². The van der Waals surface area contributed by atoms with E-state index in [2.05, 4.69) is 19.2 Å². The summed E-state index contributed by atoms with van der Waals surface area (Å²) in [5.41, 5.74) is 0. The molecule has 2 saturated carbocycles. The molecule has 3 rings (SSSR count). The second-order valence-electron chi connectivity index (χ2n) is 10.2. The first-order valence-corrected chi connectivity index (χ1v) is 12.7. The number of fused-ring (bicyclic) bond motifs is 1. The first-order valence-electron chi connectivity index (χ1n) is 12.3. The first-order chi connectivity index (χ1) is 14.8. The van der Waals surface area contributed by atoms with Gasteiger partial charge in [0, 0.05) is 19.5 Å². The summed E-state index contributed by atoms with van der Waals surface area (Å²) in [6, 6.07) is 0.101. The molecular weight excluding hydrogens is 414 g/mol. The van der Waals surface area contributed by atoms with Crippen LogP contribution in [0.25, 0.3) is 0 Å². The van der Waals surface area contributed by atoms with Crippen molar-refractivity contribution < 1.29 is 14.3 Å². The molecule has 3 aliphatic rings. The predicted octanol–water partition coefficient (Wildman–Crippen LogP) is 4.25. The van der Waals surface area contributed by atoms with Gasteiger partial charge in [0.25, 0.3) is 0 Å². The summed E-state index contributed by atoms with van der Waals surface area (Å²) in [5, 5.41) is 3.22. The van der Waals surface area contributed by atoms with Crippen molar-refractivity contribution in [3.8, 4) is 0 Å². The summed E-state index contributed by atoms with van der Waals surface area (Å²) in [6.45, 7) is 9.68. The fourth-order valence-corrected chi connectivity index (χ4v) is 6.84. The lowest BCUT2D eigenvalue weighted by molar-refractivity contribution is -0.142. The zero-order chi connectivity index (χ0) is 22.7. The number of rotatable bonds is 5. The molecule has 1 N–H and O–H groups in total. The van der Waals surface area contributed by atoms with Crippen LogP contribution in [0.3, 0.4) is 0 Å². The lowest BCUT2D eigenvalue weighted by Gasteiger charge is -2.54. The van der Waals surface area contributed by atoms with E-state index in [0.717, 1.165) is 51.5 Å². The molecule has 0 aromatic rings. The van der Waals surface area contributed by atoms with Crippen LogP contribution >= 0.6 is 11.6 Å². The Balaban J connectivity index is 1.77. The number of hydrogen-bond acceptors (Lipinski definition) is 4. The Morgan fingerprint density at radius 2 is 1.87 bits per heavy atom. The van der Waals surface area contributed by atoms with Crippen molar-refractivity contribution in [3.63, 3.8) is 0 Å². The number of alkyl halides is 1. The van der Waals surface area contributed by atoms with E-state index in [9.17, 15) is 9.59 Å². The van der Waals surface area contributed by atoms with Crippen LogP contribution in [0.4, 0.5) is 4.79 Å². The van der Waals surface area contributed by atoms with Gasteiger partial charge in [-0.2, -0.15) is 0 Å². The molecule has 1 heterocycles. The number of halogens is 1. The lowest BCUT2D eigenvalue weighted by Crippen LogP contribution is -2.67. The summed E-state index contributed by atoms with van der Waals surface area (Å²) in [6.07, 6.45) is 6.43. The summed E-state index contributed by atoms with van der Waals surface area (Å²) >= 11 is 6.55. The summed E-state index contributed by atoms with van der Waals surface area (Å²) in [5.74, 6) is 1.82. The number of amides is 2. The van der Waals surface area contributed by atoms with E-state index in [0.29, 0.717) is 24.3 Å². The van der Waals surface area contributed by atoms with E-state index in [1.165, 1.54) is 0 Å². The Morgan fingerprint density at radius 3 is 2.48 bits per heavy atom. The third-order valence-corrected chi connectivity index (χ3v) is 8.46. The number of piperazine rings is 1. The fraction of sp³-hybridized carbons (Fsp3) is 0.917. The number of carbonyl (C=O) groups is 2. The van der Waals surface area contributed by atoms with Gasteiger partial charge in [0.05, 0.1) is 17.5 Å². The minimum atomic E-state index is -0.238. The molecule has 6 nitrogen and oxygen atoms in total. The largest absolute Gasteiger partial charge is 0.445 e. The van der Waals surface area contributed by atoms with E-state index >= 15 is 0 Å². The molecule has 1 aliphatic heterocycles. The van der Waals surface area contributed by atoms with Crippen LogP contribution in [0.2, 0.25) is 0 Å². The molecule has 0 aromatic heterocycles. The average molecular weight is 456 g/mol. The lowest BCUT2D eigenvalue weighted by atomic mass is 9.72. The SMILES string of the molecule is CCC(CNC)C1CCC2C(C1)N(C(=O)OC1CCC(C)CC1Cl)CC(C)N2C(C)=O. The average Bonchev–Trinajstić information content (AvgIpc) is 2.72. The second-order valence-corrected chi connectivity index (χ2v) is 10.8. The summed E-state index contributed by atoms with van der Waals surface area (Å²) in [7, 11) is 2.01. The van der Waals surface area contributed by atoms with Gasteiger partial charge in [-0.3, -0.25) is 4.79 Å². The molecule has 0 radical (unpaired) electrons. The highest BCUT2D eigenvalue weighted by Crippen LogP contribution is 2.40. The van der Waals surface area contributed by atoms with Crippen molar-refractivity contribution >= 4 is 23.6 Å². The van der Waals surface area contributed by atoms with Crippen LogP contribution < -0.4 is 5.32 Å². The van der Waals surface area contributed by atoms with Gasteiger partial charge >= 0.3 is 6.09 Å². The van der Waals surface area contributed by atoms with Crippen LogP contribution in [0.15, 0.2) is 0 Å². The molecule has 2 aliphatic carbocycles. The molecule has 8 atom stereocenters. The summed E-state index contributed by atoms with van der Waals surface area (Å²) < 4.78 is 5.99. The highest BCUT2D eigenvalue weighted by Gasteiger charge is 2.48. The van der Waals surface area contributed by atoms with E-state index in [4.69, 9.17) is 16.3 Å². The van der Waals surface area contributed by atoms with Gasteiger partial charge in [-0.05, 0) is 76.8 Å². The van der Waals surface area contributed by atoms with Crippen LogP contribution in [0.1, 0.15) is 72.6 Å². The minimum Gasteiger partial charge on any atom is -0.445 e. The molecule has 1 saturated heterocycles. The standard InChI is InChI=1S/C24H42ClN3O3/c1-6-18(13-26-5)19-8-9-21-22(12-19)27(14-16(3)28(21)17(4)29)24(30)31-23-10-7-15(2)11-20(23)25/h15-16,18-23,26H,6-14H2,1-5H3. The number of nitrogens with zero attached hydrogens (tertiary/aromatic N) is 2. The number of nitrogens with one attached hydrogen (secondary N) is 1. The van der Waals surface area contributed by atoms with Crippen molar-refractivity contribution in [3.05, 3.63) is 0 Å². The van der Waals surface area contributed by atoms with Gasteiger partial charge in [0.2, 0.25) is 5.91 Å². The molecule has 3 fully saturated rings. The highest BCUT2D eigenvalue weighted by molar-refractivity contribution is 6.21. The van der Waals surface area contributed by atoms with E-state index in [-0.39, 0.29) is 41.6 Å². The molecule has 2 amide bonds. The minimum absolute atomic E-state index is 0.000284. The van der Waals surface area contributed by atoms with Crippen molar-refractivity contribution in [1.29, 1.82) is 0 Å². The third kappa shape index (κ3) is 5.50. The van der Waals surface area contributed by atoms with Gasteiger partial charge in [0.1, 0.15) is 6.10 Å². The predicted molar refractivity (Wildman–Crippen MR) is 124 cm³/mol. The van der Waals surface area contributed by atoms with E-state index < -0.39 is 0 Å². The molecular formula is C24H42ClN3O3. The van der Waals surface area contributed by atoms with Gasteiger partial charge in [-0.15, -0.1) is 11.6 Å². The molecule has 31 heavy (non-hydrogen) atoms. The zero-order valence-corrected chi connectivity index (χ0v) is 20.7. The van der Waals surface area contributed by atoms with Crippen LogP contribution in [-0.4, -0.2) is 71.5 Å². The van der Waals surface area contributed by atoms with Crippen LogP contribution in [-0.2, 0) is 9.53 Å². The first kappa shape index (κ1) is 24.6. The molecule has 178 valence electrons. The van der Waals surface area contributed by atoms with Gasteiger partial charge in [0.15, 0.2) is 0 Å². The molecule has 0 spiro atoms. The maximum Gasteiger partial charge on any atom is 0.410 e. The van der Waals surface area contributed by atoms with Gasteiger partial charge in [-0.1, -0.05) is 20.3 Å². The van der Waals surface area contributed by atoms with E-state index in [1.54, 1.807) is 6.92 Å². The quantitative estimate of drug-likeness (QED) is 0.629. The molecule has 0 bridgehead atoms. The van der Waals surface area contributed by atoms with Crippen LogP contribution in [0, 0.1) is 17.8 Å². The van der Waals surface area contributed by atoms with Gasteiger partial charge in [-0.25, -0.2) is 4.79 Å². The molecule has 8 unspecified atom stereocenters. The topological polar surface area (TPSA) is 61.9 Å². The number of hydrogen-bond donors (Lipinski definition) is 1. The number of ether oxygens (including phenoxy) is 1. The zero-order valence-electron chi connectivity index (χ0n) is 20.0. The summed E-state index contributed by atoms with van der Waals surface area (Å²) in [4.78, 5) is 29.8. The fourth-order valence-electron chi connectivity index (χ4n) is 6.36. The van der Waals surface area contributed by atoms with Crippen molar-refractivity contribution in [2.45, 2.75) is 102 Å². The van der Waals surface area contributed by atoms with Gasteiger partial charge < -0.3 is 19.9 Å².